The first-order chi connectivity index (χ1) is 5.20. The lowest BCUT2D eigenvalue weighted by Crippen LogP contribution is -1.80. The Balaban J connectivity index is 2.86. The fourth-order valence-electron chi connectivity index (χ4n) is 0.612. The molecule has 1 aromatic rings. The summed E-state index contributed by atoms with van der Waals surface area (Å²) in [6.07, 6.45) is 1.45. The summed E-state index contributed by atoms with van der Waals surface area (Å²) in [5.74, 6) is 0.181. The molecule has 0 fully saturated rings. The van der Waals surface area contributed by atoms with Crippen LogP contribution in [0.5, 0.6) is 0 Å². The highest BCUT2D eigenvalue weighted by molar-refractivity contribution is 8.11. The number of thiol groups is 1. The largest absolute Gasteiger partial charge is 0.506 e. The van der Waals surface area contributed by atoms with Crippen molar-refractivity contribution in [1.29, 1.82) is 0 Å². The molecule has 0 amide bonds. The summed E-state index contributed by atoms with van der Waals surface area (Å²) in [5.41, 5.74) is 0. The topological polar surface area (TPSA) is 20.2 Å². The van der Waals surface area contributed by atoms with Crippen LogP contribution in [-0.4, -0.2) is 9.30 Å². The van der Waals surface area contributed by atoms with Gasteiger partial charge in [-0.15, -0.1) is 24.0 Å². The fraction of sp³-hybridized carbons (Fsp3) is 0. The standard InChI is InChI=1S/C7H6OS3/c8-5(4-7(9)10)6-2-1-3-11-6/h1-4,8H,(H,9,10). The molecule has 0 spiro atoms. The Morgan fingerprint density at radius 3 is 2.91 bits per heavy atom. The first-order valence-corrected chi connectivity index (χ1v) is 4.61. The normalized spacial score (nSPS) is 11.5. The quantitative estimate of drug-likeness (QED) is 0.333. The summed E-state index contributed by atoms with van der Waals surface area (Å²) in [5, 5.41) is 11.2. The van der Waals surface area contributed by atoms with Crippen LogP contribution in [0.3, 0.4) is 0 Å². The van der Waals surface area contributed by atoms with Gasteiger partial charge in [-0.25, -0.2) is 0 Å². The van der Waals surface area contributed by atoms with Crippen molar-refractivity contribution in [3.8, 4) is 0 Å². The van der Waals surface area contributed by atoms with Crippen LogP contribution in [-0.2, 0) is 0 Å². The van der Waals surface area contributed by atoms with Crippen molar-refractivity contribution in [2.24, 2.45) is 0 Å². The van der Waals surface area contributed by atoms with Crippen molar-refractivity contribution >= 4 is 46.1 Å². The molecule has 0 saturated heterocycles. The van der Waals surface area contributed by atoms with E-state index in [1.54, 1.807) is 0 Å². The van der Waals surface area contributed by atoms with Crippen LogP contribution in [0.2, 0.25) is 0 Å². The lowest BCUT2D eigenvalue weighted by atomic mass is 10.4. The van der Waals surface area contributed by atoms with Gasteiger partial charge >= 0.3 is 0 Å². The van der Waals surface area contributed by atoms with Crippen LogP contribution in [0.15, 0.2) is 23.6 Å². The van der Waals surface area contributed by atoms with E-state index >= 15 is 0 Å². The van der Waals surface area contributed by atoms with Crippen molar-refractivity contribution in [2.75, 3.05) is 0 Å². The molecule has 0 aliphatic carbocycles. The number of aliphatic hydroxyl groups excluding tert-OH is 1. The average Bonchev–Trinajstić information content (AvgIpc) is 2.35. The number of hydrogen-bond donors (Lipinski definition) is 2. The molecular formula is C7H6OS3. The number of thiophene rings is 1. The lowest BCUT2D eigenvalue weighted by Gasteiger charge is -1.92. The molecule has 1 aromatic heterocycles. The Bertz CT molecular complexity index is 274. The molecule has 0 bridgehead atoms. The summed E-state index contributed by atoms with van der Waals surface area (Å²) in [6.45, 7) is 0. The average molecular weight is 202 g/mol. The van der Waals surface area contributed by atoms with E-state index in [4.69, 9.17) is 0 Å². The first kappa shape index (κ1) is 8.77. The van der Waals surface area contributed by atoms with Gasteiger partial charge in [0, 0.05) is 6.08 Å². The zero-order valence-corrected chi connectivity index (χ0v) is 8.05. The third kappa shape index (κ3) is 2.65. The van der Waals surface area contributed by atoms with Gasteiger partial charge in [0.15, 0.2) is 0 Å². The summed E-state index contributed by atoms with van der Waals surface area (Å²) < 4.78 is 0.385. The molecule has 0 aromatic carbocycles. The van der Waals surface area contributed by atoms with Gasteiger partial charge in [-0.1, -0.05) is 18.3 Å². The number of rotatable bonds is 2. The monoisotopic (exact) mass is 202 g/mol. The van der Waals surface area contributed by atoms with E-state index in [1.165, 1.54) is 17.4 Å². The predicted molar refractivity (Wildman–Crippen MR) is 56.5 cm³/mol. The molecule has 4 heteroatoms. The summed E-state index contributed by atoms with van der Waals surface area (Å²) >= 11 is 10.0. The van der Waals surface area contributed by atoms with Gasteiger partial charge < -0.3 is 5.11 Å². The SMILES string of the molecule is OC(=CC(=S)S)c1cccs1. The van der Waals surface area contributed by atoms with Gasteiger partial charge in [0.1, 0.15) is 5.76 Å². The van der Waals surface area contributed by atoms with Gasteiger partial charge in [-0.2, -0.15) is 0 Å². The minimum atomic E-state index is 0.181. The van der Waals surface area contributed by atoms with E-state index < -0.39 is 0 Å². The van der Waals surface area contributed by atoms with Gasteiger partial charge in [0.05, 0.1) is 9.07 Å². The van der Waals surface area contributed by atoms with Crippen molar-refractivity contribution in [3.63, 3.8) is 0 Å². The van der Waals surface area contributed by atoms with E-state index in [0.717, 1.165) is 4.88 Å². The van der Waals surface area contributed by atoms with Crippen molar-refractivity contribution in [1.82, 2.24) is 0 Å². The minimum Gasteiger partial charge on any atom is -0.506 e. The Hall–Kier alpha value is -0.320. The molecule has 1 rings (SSSR count). The summed E-state index contributed by atoms with van der Waals surface area (Å²) in [4.78, 5) is 0.807. The molecule has 0 saturated carbocycles. The Kier molecular flexibility index (Phi) is 3.11. The second-order valence-corrected chi connectivity index (χ2v) is 4.02. The lowest BCUT2D eigenvalue weighted by molar-refractivity contribution is 0.514. The van der Waals surface area contributed by atoms with E-state index in [1.807, 2.05) is 17.5 Å². The number of aliphatic hydroxyl groups is 1. The highest BCUT2D eigenvalue weighted by atomic mass is 32.1. The second kappa shape index (κ2) is 3.90. The third-order valence-corrected chi connectivity index (χ3v) is 2.17. The van der Waals surface area contributed by atoms with Crippen LogP contribution in [0.4, 0.5) is 0 Å². The zero-order valence-electron chi connectivity index (χ0n) is 5.52. The maximum Gasteiger partial charge on any atom is 0.134 e. The van der Waals surface area contributed by atoms with Crippen LogP contribution in [0.25, 0.3) is 5.76 Å². The van der Waals surface area contributed by atoms with Gasteiger partial charge in [0.2, 0.25) is 0 Å². The van der Waals surface area contributed by atoms with Gasteiger partial charge in [0.25, 0.3) is 0 Å². The molecule has 1 nitrogen and oxygen atoms in total. The molecule has 0 unspecified atom stereocenters. The van der Waals surface area contributed by atoms with Crippen molar-refractivity contribution in [3.05, 3.63) is 28.5 Å². The molecular weight excluding hydrogens is 196 g/mol. The second-order valence-electron chi connectivity index (χ2n) is 1.85. The van der Waals surface area contributed by atoms with Crippen LogP contribution in [0, 0.1) is 0 Å². The molecule has 0 atom stereocenters. The highest BCUT2D eigenvalue weighted by Crippen LogP contribution is 2.17. The van der Waals surface area contributed by atoms with Gasteiger partial charge in [-0.3, -0.25) is 0 Å². The first-order valence-electron chi connectivity index (χ1n) is 2.87. The molecule has 58 valence electrons. The van der Waals surface area contributed by atoms with Gasteiger partial charge in [-0.05, 0) is 11.4 Å². The van der Waals surface area contributed by atoms with E-state index in [-0.39, 0.29) is 5.76 Å². The Morgan fingerprint density at radius 1 is 1.73 bits per heavy atom. The smallest absolute Gasteiger partial charge is 0.134 e. The molecule has 0 aliphatic heterocycles. The number of thiocarbonyl (C=S) groups is 1. The maximum atomic E-state index is 9.31. The zero-order chi connectivity index (χ0) is 8.27. The Labute approximate surface area is 79.8 Å². The third-order valence-electron chi connectivity index (χ3n) is 1.03. The molecule has 0 aliphatic rings. The van der Waals surface area contributed by atoms with E-state index in [2.05, 4.69) is 24.8 Å². The van der Waals surface area contributed by atoms with Crippen LogP contribution < -0.4 is 0 Å². The summed E-state index contributed by atoms with van der Waals surface area (Å²) in [6, 6.07) is 3.69. The maximum absolute atomic E-state index is 9.31. The minimum absolute atomic E-state index is 0.181. The number of hydrogen-bond acceptors (Lipinski definition) is 3. The summed E-state index contributed by atoms with van der Waals surface area (Å²) in [7, 11) is 0. The molecule has 1 N–H and O–H groups in total. The van der Waals surface area contributed by atoms with E-state index in [0.29, 0.717) is 4.20 Å². The van der Waals surface area contributed by atoms with Crippen LogP contribution in [0.1, 0.15) is 4.88 Å². The van der Waals surface area contributed by atoms with Crippen molar-refractivity contribution < 1.29 is 5.11 Å². The fourth-order valence-corrected chi connectivity index (χ4v) is 1.49. The van der Waals surface area contributed by atoms with Crippen molar-refractivity contribution in [2.45, 2.75) is 0 Å². The predicted octanol–water partition coefficient (Wildman–Crippen LogP) is 2.90. The Morgan fingerprint density at radius 2 is 2.45 bits per heavy atom. The van der Waals surface area contributed by atoms with Crippen LogP contribution >= 0.6 is 36.2 Å². The highest BCUT2D eigenvalue weighted by Gasteiger charge is 1.98. The van der Waals surface area contributed by atoms with E-state index in [9.17, 15) is 5.11 Å². The molecule has 11 heavy (non-hydrogen) atoms. The molecule has 1 heterocycles. The molecule has 0 radical (unpaired) electrons.